The van der Waals surface area contributed by atoms with Crippen molar-refractivity contribution in [3.8, 4) is 0 Å². The molecule has 244 valence electrons. The van der Waals surface area contributed by atoms with E-state index in [0.717, 1.165) is 0 Å². The van der Waals surface area contributed by atoms with Gasteiger partial charge in [-0.2, -0.15) is 0 Å². The van der Waals surface area contributed by atoms with E-state index in [0.29, 0.717) is 0 Å². The minimum atomic E-state index is -0.792. The van der Waals surface area contributed by atoms with E-state index in [2.05, 4.69) is 128 Å². The largest absolute Gasteiger partial charge is 0.103 e. The first-order chi connectivity index (χ1) is 18.3. The summed E-state index contributed by atoms with van der Waals surface area (Å²) >= 11 is 0. The lowest BCUT2D eigenvalue weighted by molar-refractivity contribution is 1.07. The van der Waals surface area contributed by atoms with Gasteiger partial charge in [-0.25, -0.2) is 0 Å². The van der Waals surface area contributed by atoms with Crippen molar-refractivity contribution in [1.29, 1.82) is 0 Å². The molecule has 0 atom stereocenters. The fourth-order valence-corrected chi connectivity index (χ4v) is 20.6. The Kier molecular flexibility index (Phi) is 35.6. The van der Waals surface area contributed by atoms with E-state index >= 15 is 0 Å². The predicted molar refractivity (Wildman–Crippen MR) is 232 cm³/mol. The lowest BCUT2D eigenvalue weighted by Gasteiger charge is -2.15. The summed E-state index contributed by atoms with van der Waals surface area (Å²) in [5.41, 5.74) is 0. The van der Waals surface area contributed by atoms with Gasteiger partial charge in [-0.15, -0.1) is 6.58 Å². The molecule has 0 aromatic rings. The van der Waals surface area contributed by atoms with Crippen LogP contribution in [0.5, 0.6) is 0 Å². The molecule has 0 aliphatic heterocycles. The lowest BCUT2D eigenvalue weighted by atomic mass is 10.6. The first-order valence-corrected chi connectivity index (χ1v) is 39.9. The molecule has 0 saturated heterocycles. The second-order valence-corrected chi connectivity index (χ2v) is 49.1. The molecule has 0 aliphatic rings. The van der Waals surface area contributed by atoms with Crippen LogP contribution in [0.2, 0.25) is 103 Å². The Morgan fingerprint density at radius 3 is 0.875 bits per heavy atom. The molecule has 0 aromatic carbocycles. The molecular formula is C28H68S8Si4. The summed E-state index contributed by atoms with van der Waals surface area (Å²) in [5, 5.41) is 1.25. The molecule has 0 aromatic heterocycles. The van der Waals surface area contributed by atoms with Crippen molar-refractivity contribution in [1.82, 2.24) is 0 Å². The van der Waals surface area contributed by atoms with Gasteiger partial charge in [0.25, 0.3) is 0 Å². The highest BCUT2D eigenvalue weighted by molar-refractivity contribution is 9.26. The normalized spacial score (nSPS) is 12.3. The molecule has 0 heterocycles. The molecule has 0 spiro atoms. The third kappa shape index (κ3) is 57.1. The van der Waals surface area contributed by atoms with Gasteiger partial charge in [-0.05, 0) is 52.3 Å². The maximum absolute atomic E-state index is 3.36. The molecule has 0 fully saturated rings. The second-order valence-electron chi connectivity index (χ2n) is 14.8. The zero-order valence-corrected chi connectivity index (χ0v) is 39.3. The first-order valence-electron chi connectivity index (χ1n) is 15.0. The maximum Gasteiger partial charge on any atom is 0.0600 e. The van der Waals surface area contributed by atoms with Gasteiger partial charge in [-0.3, -0.25) is 0 Å². The third-order valence-electron chi connectivity index (χ3n) is 5.00. The van der Waals surface area contributed by atoms with Gasteiger partial charge in [0.1, 0.15) is 0 Å². The summed E-state index contributed by atoms with van der Waals surface area (Å²) in [4.78, 5) is 0. The van der Waals surface area contributed by atoms with Crippen LogP contribution >= 0.6 is 84.4 Å². The number of hydrogen-bond donors (Lipinski definition) is 0. The van der Waals surface area contributed by atoms with Crippen molar-refractivity contribution in [2.24, 2.45) is 0 Å². The summed E-state index contributed by atoms with van der Waals surface area (Å²) in [5.74, 6) is 5.35. The number of hydrogen-bond acceptors (Lipinski definition) is 8. The highest BCUT2D eigenvalue weighted by Crippen LogP contribution is 2.43. The van der Waals surface area contributed by atoms with Gasteiger partial charge in [0, 0.05) is 55.3 Å². The van der Waals surface area contributed by atoms with Crippen LogP contribution in [0.15, 0.2) is 12.7 Å². The van der Waals surface area contributed by atoms with Crippen LogP contribution in [0.4, 0.5) is 0 Å². The van der Waals surface area contributed by atoms with E-state index in [1.807, 2.05) is 48.2 Å². The van der Waals surface area contributed by atoms with E-state index < -0.39 is 32.3 Å². The first kappa shape index (κ1) is 47.8. The van der Waals surface area contributed by atoms with Crippen molar-refractivity contribution in [3.63, 3.8) is 0 Å². The summed E-state index contributed by atoms with van der Waals surface area (Å²) < 4.78 is 0. The van der Waals surface area contributed by atoms with Gasteiger partial charge < -0.3 is 0 Å². The minimum Gasteiger partial charge on any atom is -0.103 e. The molecule has 40 heavy (non-hydrogen) atoms. The van der Waals surface area contributed by atoms with E-state index in [-0.39, 0.29) is 0 Å². The van der Waals surface area contributed by atoms with Crippen LogP contribution in [0.25, 0.3) is 0 Å². The number of rotatable bonds is 23. The molecule has 0 saturated carbocycles. The maximum atomic E-state index is 3.36. The highest BCUT2D eigenvalue weighted by atomic mass is 33.7. The van der Waals surface area contributed by atoms with Crippen LogP contribution in [0, 0.1) is 0 Å². The van der Waals surface area contributed by atoms with Crippen molar-refractivity contribution < 1.29 is 0 Å². The summed E-state index contributed by atoms with van der Waals surface area (Å²) in [7, 11) is 13.1. The molecule has 12 heteroatoms. The van der Waals surface area contributed by atoms with Crippen LogP contribution < -0.4 is 0 Å². The monoisotopic (exact) mass is 772 g/mol. The fourth-order valence-electron chi connectivity index (χ4n) is 2.96. The van der Waals surface area contributed by atoms with Crippen LogP contribution in [-0.4, -0.2) is 60.4 Å². The third-order valence-corrected chi connectivity index (χ3v) is 24.8. The van der Waals surface area contributed by atoms with E-state index in [1.165, 1.54) is 78.0 Å². The van der Waals surface area contributed by atoms with Crippen molar-refractivity contribution in [2.75, 3.05) is 28.1 Å². The Morgan fingerprint density at radius 1 is 0.425 bits per heavy atom. The molecule has 0 rings (SSSR count). The van der Waals surface area contributed by atoms with Gasteiger partial charge in [0.15, 0.2) is 0 Å². The fraction of sp³-hybridized carbons (Fsp3) is 0.929. The zero-order valence-electron chi connectivity index (χ0n) is 28.7. The Morgan fingerprint density at radius 2 is 0.650 bits per heavy atom. The SMILES string of the molecule is C=CC.C[Si](C)(C)CCCSSCSSCCC[Si](C)(C)C.C[Si](C)(C)CCCSSSSCCC[Si](C)(C)C. The average molecular weight is 774 g/mol. The van der Waals surface area contributed by atoms with Crippen molar-refractivity contribution in [2.45, 2.75) is 135 Å². The van der Waals surface area contributed by atoms with Crippen LogP contribution in [0.3, 0.4) is 0 Å². The van der Waals surface area contributed by atoms with Crippen LogP contribution in [0.1, 0.15) is 32.6 Å². The molecule has 0 N–H and O–H groups in total. The Labute approximate surface area is 289 Å². The van der Waals surface area contributed by atoms with Crippen molar-refractivity contribution >= 4 is 117 Å². The Balaban J connectivity index is -0.000000623. The lowest BCUT2D eigenvalue weighted by Crippen LogP contribution is -2.18. The Bertz CT molecular complexity index is 498. The van der Waals surface area contributed by atoms with Gasteiger partial charge in [0.2, 0.25) is 0 Å². The molecule has 0 radical (unpaired) electrons. The van der Waals surface area contributed by atoms with Gasteiger partial charge >= 0.3 is 0 Å². The average Bonchev–Trinajstić information content (AvgIpc) is 2.77. The standard InChI is InChI=1S/C13H32S4Si2.C12H30S4Si2.C3H6/c1-18(2,3)11-7-9-14-16-13-17-15-10-8-12-19(4,5)6;1-17(2,3)11-7-9-13-15-16-14-10-8-12-18(4,5)6;1-3-2/h7-13H2,1-6H3;7-12H2,1-6H3;3H,1H2,2H3. The van der Waals surface area contributed by atoms with Gasteiger partial charge in [-0.1, -0.05) is 174 Å². The quantitative estimate of drug-likeness (QED) is 0.0327. The Hall–Kier alpha value is 3.41. The summed E-state index contributed by atoms with van der Waals surface area (Å²) in [6, 6.07) is 5.93. The molecule has 0 amide bonds. The molecule has 0 aliphatic carbocycles. The predicted octanol–water partition coefficient (Wildman–Crippen LogP) is 15.5. The zero-order chi connectivity index (χ0) is 31.6. The van der Waals surface area contributed by atoms with Crippen LogP contribution in [-0.2, 0) is 0 Å². The van der Waals surface area contributed by atoms with Gasteiger partial charge in [0.05, 0.1) is 5.08 Å². The van der Waals surface area contributed by atoms with E-state index in [9.17, 15) is 0 Å². The number of allylic oxidation sites excluding steroid dienone is 1. The highest BCUT2D eigenvalue weighted by Gasteiger charge is 2.14. The molecule has 0 unspecified atom stereocenters. The molecule has 0 nitrogen and oxygen atoms in total. The summed E-state index contributed by atoms with van der Waals surface area (Å²) in [6.07, 6.45) is 7.41. The topological polar surface area (TPSA) is 0 Å². The summed E-state index contributed by atoms with van der Waals surface area (Å²) in [6.45, 7) is 34.9. The van der Waals surface area contributed by atoms with Crippen molar-refractivity contribution in [3.05, 3.63) is 12.7 Å². The molecular weight excluding hydrogens is 705 g/mol. The smallest absolute Gasteiger partial charge is 0.0600 e. The second kappa shape index (κ2) is 29.8. The van der Waals surface area contributed by atoms with E-state index in [1.54, 1.807) is 6.08 Å². The van der Waals surface area contributed by atoms with E-state index in [4.69, 9.17) is 0 Å². The minimum absolute atomic E-state index is 0.792. The molecule has 0 bridgehead atoms.